The molecule has 0 saturated heterocycles. The van der Waals surface area contributed by atoms with Crippen molar-refractivity contribution in [1.29, 1.82) is 0 Å². The van der Waals surface area contributed by atoms with E-state index in [2.05, 4.69) is 10.5 Å². The van der Waals surface area contributed by atoms with Crippen LogP contribution >= 0.6 is 0 Å². The molecule has 2 rings (SSSR count). The van der Waals surface area contributed by atoms with Crippen molar-refractivity contribution in [1.82, 2.24) is 5.43 Å². The van der Waals surface area contributed by atoms with E-state index >= 15 is 0 Å². The highest BCUT2D eigenvalue weighted by Crippen LogP contribution is 2.19. The summed E-state index contributed by atoms with van der Waals surface area (Å²) in [6.45, 7) is 3.67. The minimum atomic E-state index is -0.291. The molecule has 0 fully saturated rings. The Morgan fingerprint density at radius 3 is 2.61 bits per heavy atom. The molecule has 0 saturated carbocycles. The van der Waals surface area contributed by atoms with E-state index in [4.69, 9.17) is 0 Å². The molecule has 0 aliphatic rings. The zero-order chi connectivity index (χ0) is 17.0. The second-order valence-electron chi connectivity index (χ2n) is 5.60. The highest BCUT2D eigenvalue weighted by molar-refractivity contribution is 6.02. The van der Waals surface area contributed by atoms with Gasteiger partial charge in [-0.25, -0.2) is 5.43 Å². The first kappa shape index (κ1) is 16.5. The summed E-state index contributed by atoms with van der Waals surface area (Å²) in [5.41, 5.74) is 6.16. The normalized spacial score (nSPS) is 11.2. The van der Waals surface area contributed by atoms with Gasteiger partial charge in [0, 0.05) is 30.9 Å². The smallest absolute Gasteiger partial charge is 0.271 e. The molecule has 5 heteroatoms. The minimum Gasteiger partial charge on any atom is -0.507 e. The lowest BCUT2D eigenvalue weighted by atomic mass is 10.1. The van der Waals surface area contributed by atoms with E-state index in [1.165, 1.54) is 0 Å². The van der Waals surface area contributed by atoms with Crippen LogP contribution in [0.2, 0.25) is 0 Å². The molecular weight excluding hydrogens is 290 g/mol. The molecule has 0 radical (unpaired) electrons. The number of carbonyl (C=O) groups excluding carboxylic acids is 1. The SMILES string of the molecule is C/C(=N\NC(=O)c1cccc(N(C)C)c1)c1cc(C)ccc1O. The molecule has 5 nitrogen and oxygen atoms in total. The summed E-state index contributed by atoms with van der Waals surface area (Å²) in [5, 5.41) is 14.0. The van der Waals surface area contributed by atoms with Gasteiger partial charge in [-0.05, 0) is 44.2 Å². The molecule has 1 amide bonds. The third kappa shape index (κ3) is 4.10. The van der Waals surface area contributed by atoms with Gasteiger partial charge in [0.25, 0.3) is 5.91 Å². The second-order valence-corrected chi connectivity index (χ2v) is 5.60. The van der Waals surface area contributed by atoms with Crippen LogP contribution in [-0.4, -0.2) is 30.8 Å². The number of rotatable bonds is 4. The molecule has 2 aromatic carbocycles. The van der Waals surface area contributed by atoms with E-state index in [0.29, 0.717) is 16.8 Å². The van der Waals surface area contributed by atoms with Crippen molar-refractivity contribution in [3.63, 3.8) is 0 Å². The van der Waals surface area contributed by atoms with Crippen molar-refractivity contribution in [2.75, 3.05) is 19.0 Å². The van der Waals surface area contributed by atoms with Crippen LogP contribution in [0.1, 0.15) is 28.4 Å². The predicted octanol–water partition coefficient (Wildman–Crippen LogP) is 2.92. The first-order valence-electron chi connectivity index (χ1n) is 7.30. The van der Waals surface area contributed by atoms with Crippen LogP contribution in [-0.2, 0) is 0 Å². The van der Waals surface area contributed by atoms with Gasteiger partial charge in [-0.3, -0.25) is 4.79 Å². The Kier molecular flexibility index (Phi) is 5.01. The molecule has 0 heterocycles. The zero-order valence-corrected chi connectivity index (χ0v) is 13.8. The first-order chi connectivity index (χ1) is 10.9. The van der Waals surface area contributed by atoms with Gasteiger partial charge < -0.3 is 10.0 Å². The Balaban J connectivity index is 2.17. The maximum Gasteiger partial charge on any atom is 0.271 e. The van der Waals surface area contributed by atoms with Gasteiger partial charge >= 0.3 is 0 Å². The number of amides is 1. The highest BCUT2D eigenvalue weighted by atomic mass is 16.3. The summed E-state index contributed by atoms with van der Waals surface area (Å²) < 4.78 is 0. The Morgan fingerprint density at radius 1 is 1.17 bits per heavy atom. The molecule has 23 heavy (non-hydrogen) atoms. The second kappa shape index (κ2) is 6.96. The van der Waals surface area contributed by atoms with E-state index in [9.17, 15) is 9.90 Å². The van der Waals surface area contributed by atoms with Gasteiger partial charge in [0.2, 0.25) is 0 Å². The van der Waals surface area contributed by atoms with Crippen molar-refractivity contribution in [3.05, 3.63) is 59.2 Å². The van der Waals surface area contributed by atoms with E-state index < -0.39 is 0 Å². The average Bonchev–Trinajstić information content (AvgIpc) is 2.54. The summed E-state index contributed by atoms with van der Waals surface area (Å²) in [5.74, 6) is -0.152. The lowest BCUT2D eigenvalue weighted by Crippen LogP contribution is -2.20. The third-order valence-corrected chi connectivity index (χ3v) is 3.49. The number of aromatic hydroxyl groups is 1. The summed E-state index contributed by atoms with van der Waals surface area (Å²) >= 11 is 0. The molecule has 0 spiro atoms. The number of anilines is 1. The van der Waals surface area contributed by atoms with Gasteiger partial charge in [-0.1, -0.05) is 17.7 Å². The fourth-order valence-corrected chi connectivity index (χ4v) is 2.12. The van der Waals surface area contributed by atoms with Crippen LogP contribution in [0.3, 0.4) is 0 Å². The minimum absolute atomic E-state index is 0.140. The van der Waals surface area contributed by atoms with Crippen molar-refractivity contribution in [2.45, 2.75) is 13.8 Å². The van der Waals surface area contributed by atoms with Gasteiger partial charge in [0.15, 0.2) is 0 Å². The number of hydrazone groups is 1. The fraction of sp³-hybridized carbons (Fsp3) is 0.222. The number of nitrogens with zero attached hydrogens (tertiary/aromatic N) is 2. The number of aryl methyl sites for hydroxylation is 1. The summed E-state index contributed by atoms with van der Waals surface area (Å²) in [6.07, 6.45) is 0. The number of benzene rings is 2. The number of hydrogen-bond acceptors (Lipinski definition) is 4. The van der Waals surface area contributed by atoms with E-state index in [-0.39, 0.29) is 11.7 Å². The molecule has 2 aromatic rings. The molecule has 0 unspecified atom stereocenters. The van der Waals surface area contributed by atoms with Crippen molar-refractivity contribution < 1.29 is 9.90 Å². The Bertz CT molecular complexity index is 752. The third-order valence-electron chi connectivity index (χ3n) is 3.49. The number of nitrogens with one attached hydrogen (secondary N) is 1. The van der Waals surface area contributed by atoms with Gasteiger partial charge in [-0.15, -0.1) is 0 Å². The Labute approximate surface area is 136 Å². The molecule has 120 valence electrons. The van der Waals surface area contributed by atoms with Crippen LogP contribution in [0, 0.1) is 6.92 Å². The van der Waals surface area contributed by atoms with Crippen LogP contribution in [0.4, 0.5) is 5.69 Å². The number of phenols is 1. The number of carbonyl (C=O) groups is 1. The molecule has 0 aliphatic carbocycles. The number of hydrogen-bond donors (Lipinski definition) is 2. The number of phenolic OH excluding ortho intramolecular Hbond substituents is 1. The molecule has 2 N–H and O–H groups in total. The highest BCUT2D eigenvalue weighted by Gasteiger charge is 2.08. The summed E-state index contributed by atoms with van der Waals surface area (Å²) in [6, 6.07) is 12.5. The van der Waals surface area contributed by atoms with Crippen LogP contribution in [0.15, 0.2) is 47.6 Å². The fourth-order valence-electron chi connectivity index (χ4n) is 2.12. The Morgan fingerprint density at radius 2 is 1.91 bits per heavy atom. The lowest BCUT2D eigenvalue weighted by molar-refractivity contribution is 0.0955. The van der Waals surface area contributed by atoms with Crippen LogP contribution in [0.5, 0.6) is 5.75 Å². The summed E-state index contributed by atoms with van der Waals surface area (Å²) in [7, 11) is 3.83. The molecule has 0 aromatic heterocycles. The monoisotopic (exact) mass is 311 g/mol. The maximum absolute atomic E-state index is 12.2. The lowest BCUT2D eigenvalue weighted by Gasteiger charge is -2.13. The van der Waals surface area contributed by atoms with Gasteiger partial charge in [0.1, 0.15) is 5.75 Å². The average molecular weight is 311 g/mol. The molecule has 0 atom stereocenters. The standard InChI is InChI=1S/C18H21N3O2/c1-12-8-9-17(22)16(10-12)13(2)19-20-18(23)14-6-5-7-15(11-14)21(3)4/h5-11,22H,1-4H3,(H,20,23)/b19-13+. The Hall–Kier alpha value is -2.82. The van der Waals surface area contributed by atoms with Crippen molar-refractivity contribution in [2.24, 2.45) is 5.10 Å². The van der Waals surface area contributed by atoms with Crippen LogP contribution in [0.25, 0.3) is 0 Å². The molecule has 0 aliphatic heterocycles. The van der Waals surface area contributed by atoms with E-state index in [1.807, 2.05) is 50.2 Å². The molecular formula is C18H21N3O2. The first-order valence-corrected chi connectivity index (χ1v) is 7.30. The summed E-state index contributed by atoms with van der Waals surface area (Å²) in [4.78, 5) is 14.1. The zero-order valence-electron chi connectivity index (χ0n) is 13.8. The maximum atomic E-state index is 12.2. The topological polar surface area (TPSA) is 64.9 Å². The van der Waals surface area contributed by atoms with E-state index in [0.717, 1.165) is 11.3 Å². The van der Waals surface area contributed by atoms with Gasteiger partial charge in [-0.2, -0.15) is 5.10 Å². The predicted molar refractivity (Wildman–Crippen MR) is 93.3 cm³/mol. The largest absolute Gasteiger partial charge is 0.507 e. The van der Waals surface area contributed by atoms with E-state index in [1.54, 1.807) is 25.1 Å². The van der Waals surface area contributed by atoms with Gasteiger partial charge in [0.05, 0.1) is 5.71 Å². The quantitative estimate of drug-likeness (QED) is 0.674. The van der Waals surface area contributed by atoms with Crippen LogP contribution < -0.4 is 10.3 Å². The van der Waals surface area contributed by atoms with Crippen molar-refractivity contribution in [3.8, 4) is 5.75 Å². The molecule has 0 bridgehead atoms. The van der Waals surface area contributed by atoms with Crippen molar-refractivity contribution >= 4 is 17.3 Å².